The molecule has 1 heterocycles. The van der Waals surface area contributed by atoms with Crippen LogP contribution in [0.4, 0.5) is 14.5 Å². The number of fused-ring (bicyclic) bond motifs is 1. The molecule has 0 atom stereocenters. The Labute approximate surface area is 108 Å². The molecule has 1 aromatic rings. The molecule has 1 aliphatic heterocycles. The molecule has 1 aliphatic rings. The average molecular weight is 273 g/mol. The van der Waals surface area contributed by atoms with Crippen molar-refractivity contribution in [2.75, 3.05) is 5.73 Å². The summed E-state index contributed by atoms with van der Waals surface area (Å²) in [6.45, 7) is 5.05. The fraction of sp³-hybridized carbons (Fsp3) is 0.417. The Hall–Kier alpha value is -2.05. The predicted molar refractivity (Wildman–Crippen MR) is 62.2 cm³/mol. The molecule has 0 aromatic heterocycles. The van der Waals surface area contributed by atoms with Gasteiger partial charge in [0.25, 0.3) is 0 Å². The highest BCUT2D eigenvalue weighted by Crippen LogP contribution is 2.43. The molecule has 0 spiro atoms. The third-order valence-corrected chi connectivity index (χ3v) is 2.19. The number of anilines is 1. The minimum Gasteiger partial charge on any atom is -0.456 e. The van der Waals surface area contributed by atoms with Crippen LogP contribution < -0.4 is 15.2 Å². The van der Waals surface area contributed by atoms with E-state index in [2.05, 4.69) is 9.47 Å². The zero-order valence-electron chi connectivity index (χ0n) is 10.6. The quantitative estimate of drug-likeness (QED) is 0.629. The molecule has 0 radical (unpaired) electrons. The van der Waals surface area contributed by atoms with E-state index in [0.717, 1.165) is 12.1 Å². The Bertz CT molecular complexity index is 537. The normalized spacial score (nSPS) is 16.3. The van der Waals surface area contributed by atoms with E-state index in [1.807, 2.05) is 0 Å². The number of hydrogen-bond acceptors (Lipinski definition) is 5. The summed E-state index contributed by atoms with van der Waals surface area (Å²) in [7, 11) is 0. The van der Waals surface area contributed by atoms with Gasteiger partial charge in [-0.3, -0.25) is 0 Å². The first-order valence-electron chi connectivity index (χ1n) is 5.50. The van der Waals surface area contributed by atoms with E-state index in [9.17, 15) is 13.6 Å². The van der Waals surface area contributed by atoms with Crippen LogP contribution in [0.3, 0.4) is 0 Å². The molecule has 1 aromatic carbocycles. The number of nitrogen functional groups attached to an aromatic ring is 1. The maximum Gasteiger partial charge on any atom is 0.586 e. The number of nitrogens with two attached hydrogens (primary N) is 1. The van der Waals surface area contributed by atoms with E-state index in [1.54, 1.807) is 20.8 Å². The van der Waals surface area contributed by atoms with Crippen LogP contribution >= 0.6 is 0 Å². The third kappa shape index (κ3) is 2.86. The first-order valence-corrected chi connectivity index (χ1v) is 5.50. The van der Waals surface area contributed by atoms with Gasteiger partial charge < -0.3 is 19.9 Å². The van der Waals surface area contributed by atoms with Crippen LogP contribution in [0.2, 0.25) is 0 Å². The van der Waals surface area contributed by atoms with Crippen molar-refractivity contribution in [3.8, 4) is 11.5 Å². The summed E-state index contributed by atoms with van der Waals surface area (Å²) in [5.74, 6) is -1.18. The second kappa shape index (κ2) is 3.97. The van der Waals surface area contributed by atoms with Gasteiger partial charge in [0.05, 0.1) is 11.3 Å². The van der Waals surface area contributed by atoms with Crippen molar-refractivity contribution in [1.82, 2.24) is 0 Å². The first kappa shape index (κ1) is 13.4. The van der Waals surface area contributed by atoms with E-state index in [1.165, 1.54) is 0 Å². The highest BCUT2D eigenvalue weighted by molar-refractivity contribution is 5.96. The third-order valence-electron chi connectivity index (χ3n) is 2.19. The van der Waals surface area contributed by atoms with Gasteiger partial charge in [0.15, 0.2) is 11.5 Å². The Morgan fingerprint density at radius 2 is 1.79 bits per heavy atom. The molecular weight excluding hydrogens is 260 g/mol. The minimum absolute atomic E-state index is 0.0192. The van der Waals surface area contributed by atoms with Crippen LogP contribution in [0.1, 0.15) is 31.1 Å². The number of carbonyl (C=O) groups excluding carboxylic acids is 1. The summed E-state index contributed by atoms with van der Waals surface area (Å²) in [5, 5.41) is 0. The van der Waals surface area contributed by atoms with E-state index < -0.39 is 17.9 Å². The van der Waals surface area contributed by atoms with Crippen molar-refractivity contribution in [1.29, 1.82) is 0 Å². The van der Waals surface area contributed by atoms with Crippen molar-refractivity contribution in [2.24, 2.45) is 0 Å². The van der Waals surface area contributed by atoms with Crippen LogP contribution in [0.5, 0.6) is 11.5 Å². The minimum atomic E-state index is -3.75. The summed E-state index contributed by atoms with van der Waals surface area (Å²) in [5.41, 5.74) is 4.84. The van der Waals surface area contributed by atoms with Crippen molar-refractivity contribution in [2.45, 2.75) is 32.7 Å². The number of benzene rings is 1. The fourth-order valence-electron chi connectivity index (χ4n) is 1.52. The maximum atomic E-state index is 12.9. The highest BCUT2D eigenvalue weighted by atomic mass is 19.3. The molecule has 0 saturated heterocycles. The van der Waals surface area contributed by atoms with Crippen molar-refractivity contribution < 1.29 is 27.8 Å². The van der Waals surface area contributed by atoms with Gasteiger partial charge in [-0.1, -0.05) is 0 Å². The van der Waals surface area contributed by atoms with Crippen LogP contribution in [0, 0.1) is 0 Å². The summed E-state index contributed by atoms with van der Waals surface area (Å²) >= 11 is 0. The molecule has 0 fully saturated rings. The Morgan fingerprint density at radius 3 is 2.32 bits per heavy atom. The van der Waals surface area contributed by atoms with Crippen molar-refractivity contribution >= 4 is 11.7 Å². The standard InChI is InChI=1S/C12H13F2NO4/c1-11(2,3)19-10(16)6-4-8-9(5-7(6)15)18-12(13,14)17-8/h4-5H,15H2,1-3H3. The number of ether oxygens (including phenoxy) is 3. The monoisotopic (exact) mass is 273 g/mol. The molecule has 2 rings (SSSR count). The van der Waals surface area contributed by atoms with Crippen LogP contribution in [0.15, 0.2) is 12.1 Å². The molecular formula is C12H13F2NO4. The summed E-state index contributed by atoms with van der Waals surface area (Å²) in [6.07, 6.45) is -3.75. The fourth-order valence-corrected chi connectivity index (χ4v) is 1.52. The van der Waals surface area contributed by atoms with Gasteiger partial charge in [0.2, 0.25) is 0 Å². The average Bonchev–Trinajstić information content (AvgIpc) is 2.46. The van der Waals surface area contributed by atoms with Gasteiger partial charge in [-0.2, -0.15) is 0 Å². The number of carbonyl (C=O) groups is 1. The van der Waals surface area contributed by atoms with Crippen LogP contribution in [-0.2, 0) is 4.74 Å². The molecule has 19 heavy (non-hydrogen) atoms. The Morgan fingerprint density at radius 1 is 1.26 bits per heavy atom. The summed E-state index contributed by atoms with van der Waals surface area (Å²) in [4.78, 5) is 11.9. The zero-order chi connectivity index (χ0) is 14.4. The second-order valence-corrected chi connectivity index (χ2v) is 5.06. The molecule has 0 amide bonds. The van der Waals surface area contributed by atoms with Gasteiger partial charge in [-0.05, 0) is 20.8 Å². The number of halogens is 2. The van der Waals surface area contributed by atoms with E-state index in [4.69, 9.17) is 10.5 Å². The lowest BCUT2D eigenvalue weighted by molar-refractivity contribution is -0.286. The van der Waals surface area contributed by atoms with Gasteiger partial charge in [-0.25, -0.2) is 4.79 Å². The SMILES string of the molecule is CC(C)(C)OC(=O)c1cc2c(cc1N)OC(F)(F)O2. The lowest BCUT2D eigenvalue weighted by Gasteiger charge is -2.20. The molecule has 5 nitrogen and oxygen atoms in total. The largest absolute Gasteiger partial charge is 0.586 e. The smallest absolute Gasteiger partial charge is 0.456 e. The van der Waals surface area contributed by atoms with E-state index in [0.29, 0.717) is 0 Å². The van der Waals surface area contributed by atoms with Gasteiger partial charge >= 0.3 is 12.3 Å². The van der Waals surface area contributed by atoms with E-state index in [-0.39, 0.29) is 22.7 Å². The summed E-state index contributed by atoms with van der Waals surface area (Å²) in [6, 6.07) is 2.19. The number of esters is 1. The second-order valence-electron chi connectivity index (χ2n) is 5.06. The molecule has 7 heteroatoms. The number of hydrogen-bond donors (Lipinski definition) is 1. The van der Waals surface area contributed by atoms with Gasteiger partial charge in [-0.15, -0.1) is 8.78 Å². The van der Waals surface area contributed by atoms with Crippen LogP contribution in [0.25, 0.3) is 0 Å². The number of alkyl halides is 2. The Kier molecular flexibility index (Phi) is 2.80. The van der Waals surface area contributed by atoms with Crippen LogP contribution in [-0.4, -0.2) is 17.9 Å². The first-order chi connectivity index (χ1) is 8.57. The lowest BCUT2D eigenvalue weighted by Crippen LogP contribution is -2.26. The molecule has 2 N–H and O–H groups in total. The van der Waals surface area contributed by atoms with Crippen molar-refractivity contribution in [3.05, 3.63) is 17.7 Å². The Balaban J connectivity index is 2.32. The zero-order valence-corrected chi connectivity index (χ0v) is 10.6. The highest BCUT2D eigenvalue weighted by Gasteiger charge is 2.44. The van der Waals surface area contributed by atoms with Gasteiger partial charge in [0.1, 0.15) is 5.60 Å². The molecule has 0 saturated carbocycles. The molecule has 104 valence electrons. The van der Waals surface area contributed by atoms with Crippen molar-refractivity contribution in [3.63, 3.8) is 0 Å². The predicted octanol–water partition coefficient (Wildman–Crippen LogP) is 2.55. The lowest BCUT2D eigenvalue weighted by atomic mass is 10.1. The molecule has 0 unspecified atom stereocenters. The topological polar surface area (TPSA) is 70.8 Å². The molecule has 0 aliphatic carbocycles. The number of rotatable bonds is 1. The summed E-state index contributed by atoms with van der Waals surface area (Å²) < 4.78 is 39.3. The van der Waals surface area contributed by atoms with Gasteiger partial charge in [0, 0.05) is 12.1 Å². The maximum absolute atomic E-state index is 12.9. The molecule has 0 bridgehead atoms. The van der Waals surface area contributed by atoms with E-state index >= 15 is 0 Å².